The summed E-state index contributed by atoms with van der Waals surface area (Å²) in [6, 6.07) is 8.99. The molecule has 0 saturated heterocycles. The number of nitrogen functional groups attached to an aromatic ring is 1. The van der Waals surface area contributed by atoms with E-state index in [9.17, 15) is 12.8 Å². The number of sulfonamides is 1. The molecule has 2 aromatic rings. The first-order valence-corrected chi connectivity index (χ1v) is 7.44. The molecule has 3 N–H and O–H groups in total. The Hall–Kier alpha value is -2.08. The van der Waals surface area contributed by atoms with Crippen LogP contribution in [0.3, 0.4) is 0 Å². The number of aryl methyl sites for hydroxylation is 1. The van der Waals surface area contributed by atoms with Gasteiger partial charge in [0.2, 0.25) is 0 Å². The quantitative estimate of drug-likeness (QED) is 0.855. The molecule has 4 nitrogen and oxygen atoms in total. The van der Waals surface area contributed by atoms with Crippen LogP contribution in [0.4, 0.5) is 15.8 Å². The monoisotopic (exact) mass is 294 g/mol. The number of hydrogen-bond donors (Lipinski definition) is 2. The van der Waals surface area contributed by atoms with E-state index in [1.807, 2.05) is 13.0 Å². The van der Waals surface area contributed by atoms with E-state index in [0.717, 1.165) is 17.2 Å². The normalized spacial score (nSPS) is 11.3. The van der Waals surface area contributed by atoms with Crippen molar-refractivity contribution >= 4 is 21.4 Å². The molecular formula is C14H15FN2O2S. The molecule has 0 radical (unpaired) electrons. The van der Waals surface area contributed by atoms with Crippen molar-refractivity contribution in [2.75, 3.05) is 10.5 Å². The van der Waals surface area contributed by atoms with Crippen molar-refractivity contribution in [3.05, 3.63) is 53.3 Å². The summed E-state index contributed by atoms with van der Waals surface area (Å²) in [7, 11) is -4.06. The number of halogens is 1. The molecule has 106 valence electrons. The molecule has 0 spiro atoms. The summed E-state index contributed by atoms with van der Waals surface area (Å²) in [5, 5.41) is 0. The first-order chi connectivity index (χ1) is 9.33. The number of anilines is 2. The van der Waals surface area contributed by atoms with E-state index in [1.165, 1.54) is 12.1 Å². The van der Waals surface area contributed by atoms with E-state index in [-0.39, 0.29) is 5.69 Å². The second-order valence-electron chi connectivity index (χ2n) is 4.51. The highest BCUT2D eigenvalue weighted by Gasteiger charge is 2.22. The molecule has 0 aliphatic carbocycles. The van der Waals surface area contributed by atoms with E-state index in [1.54, 1.807) is 19.1 Å². The van der Waals surface area contributed by atoms with Crippen molar-refractivity contribution in [1.29, 1.82) is 0 Å². The molecule has 2 aromatic carbocycles. The Labute approximate surface area is 117 Å². The highest BCUT2D eigenvalue weighted by molar-refractivity contribution is 7.92. The molecule has 0 amide bonds. The molecule has 0 atom stereocenters. The Morgan fingerprint density at radius 2 is 1.75 bits per heavy atom. The highest BCUT2D eigenvalue weighted by atomic mass is 32.2. The SMILES string of the molecule is Cc1cccc(NS(=O)(=O)c2c(N)cccc2F)c1C. The summed E-state index contributed by atoms with van der Waals surface area (Å²) in [4.78, 5) is -0.527. The van der Waals surface area contributed by atoms with Gasteiger partial charge in [0.05, 0.1) is 11.4 Å². The van der Waals surface area contributed by atoms with Crippen LogP contribution in [0, 0.1) is 19.7 Å². The summed E-state index contributed by atoms with van der Waals surface area (Å²) >= 11 is 0. The van der Waals surface area contributed by atoms with Crippen LogP contribution in [0.15, 0.2) is 41.3 Å². The molecule has 0 aliphatic heterocycles. The Balaban J connectivity index is 2.50. The molecule has 0 fully saturated rings. The fourth-order valence-corrected chi connectivity index (χ4v) is 3.18. The maximum Gasteiger partial charge on any atom is 0.266 e. The van der Waals surface area contributed by atoms with Crippen molar-refractivity contribution < 1.29 is 12.8 Å². The Morgan fingerprint density at radius 3 is 2.40 bits per heavy atom. The minimum absolute atomic E-state index is 0.122. The Kier molecular flexibility index (Phi) is 3.67. The average Bonchev–Trinajstić information content (AvgIpc) is 2.34. The zero-order valence-corrected chi connectivity index (χ0v) is 12.0. The van der Waals surface area contributed by atoms with Gasteiger partial charge in [-0.25, -0.2) is 12.8 Å². The topological polar surface area (TPSA) is 72.2 Å². The Bertz CT molecular complexity index is 738. The lowest BCUT2D eigenvalue weighted by Gasteiger charge is -2.13. The summed E-state index contributed by atoms with van der Waals surface area (Å²) in [6.07, 6.45) is 0. The van der Waals surface area contributed by atoms with E-state index in [2.05, 4.69) is 4.72 Å². The zero-order valence-electron chi connectivity index (χ0n) is 11.1. The summed E-state index contributed by atoms with van der Waals surface area (Å²) < 4.78 is 40.7. The predicted octanol–water partition coefficient (Wildman–Crippen LogP) is 2.83. The molecule has 0 saturated carbocycles. The fraction of sp³-hybridized carbons (Fsp3) is 0.143. The van der Waals surface area contributed by atoms with Gasteiger partial charge < -0.3 is 5.73 Å². The van der Waals surface area contributed by atoms with Crippen LogP contribution in [0.5, 0.6) is 0 Å². The molecule has 0 heterocycles. The smallest absolute Gasteiger partial charge is 0.266 e. The fourth-order valence-electron chi connectivity index (χ4n) is 1.87. The summed E-state index contributed by atoms with van der Waals surface area (Å²) in [6.45, 7) is 3.66. The molecule has 0 aliphatic rings. The molecule has 6 heteroatoms. The van der Waals surface area contributed by atoms with E-state index < -0.39 is 20.7 Å². The van der Waals surface area contributed by atoms with Gasteiger partial charge in [0.25, 0.3) is 10.0 Å². The second-order valence-corrected chi connectivity index (χ2v) is 6.13. The number of rotatable bonds is 3. The van der Waals surface area contributed by atoms with Crippen LogP contribution < -0.4 is 10.5 Å². The van der Waals surface area contributed by atoms with E-state index >= 15 is 0 Å². The minimum Gasteiger partial charge on any atom is -0.398 e. The van der Waals surface area contributed by atoms with Crippen molar-refractivity contribution in [3.8, 4) is 0 Å². The predicted molar refractivity (Wildman–Crippen MR) is 77.5 cm³/mol. The van der Waals surface area contributed by atoms with Gasteiger partial charge in [-0.1, -0.05) is 18.2 Å². The third-order valence-electron chi connectivity index (χ3n) is 3.12. The van der Waals surface area contributed by atoms with E-state index in [0.29, 0.717) is 5.69 Å². The van der Waals surface area contributed by atoms with Crippen LogP contribution in [0.25, 0.3) is 0 Å². The van der Waals surface area contributed by atoms with Crippen molar-refractivity contribution in [2.24, 2.45) is 0 Å². The van der Waals surface area contributed by atoms with Crippen LogP contribution in [0.2, 0.25) is 0 Å². The first kappa shape index (κ1) is 14.3. The molecule has 0 unspecified atom stereocenters. The van der Waals surface area contributed by atoms with Gasteiger partial charge in [-0.05, 0) is 43.2 Å². The number of benzene rings is 2. The zero-order chi connectivity index (χ0) is 14.9. The number of hydrogen-bond acceptors (Lipinski definition) is 3. The lowest BCUT2D eigenvalue weighted by atomic mass is 10.1. The maximum atomic E-state index is 13.7. The molecule has 20 heavy (non-hydrogen) atoms. The average molecular weight is 294 g/mol. The number of nitrogens with one attached hydrogen (secondary N) is 1. The van der Waals surface area contributed by atoms with Gasteiger partial charge in [0, 0.05) is 0 Å². The van der Waals surface area contributed by atoms with Crippen molar-refractivity contribution in [2.45, 2.75) is 18.7 Å². The molecule has 0 bridgehead atoms. The van der Waals surface area contributed by atoms with Gasteiger partial charge >= 0.3 is 0 Å². The first-order valence-electron chi connectivity index (χ1n) is 5.96. The van der Waals surface area contributed by atoms with Crippen LogP contribution in [-0.4, -0.2) is 8.42 Å². The van der Waals surface area contributed by atoms with Gasteiger partial charge in [-0.15, -0.1) is 0 Å². The standard InChI is InChI=1S/C14H15FN2O2S/c1-9-5-3-8-13(10(9)2)17-20(18,19)14-11(15)6-4-7-12(14)16/h3-8,17H,16H2,1-2H3. The van der Waals surface area contributed by atoms with E-state index in [4.69, 9.17) is 5.73 Å². The lowest BCUT2D eigenvalue weighted by Crippen LogP contribution is -2.17. The van der Waals surface area contributed by atoms with Crippen LogP contribution in [0.1, 0.15) is 11.1 Å². The molecular weight excluding hydrogens is 279 g/mol. The highest BCUT2D eigenvalue weighted by Crippen LogP contribution is 2.26. The summed E-state index contributed by atoms with van der Waals surface area (Å²) in [5.41, 5.74) is 7.58. The van der Waals surface area contributed by atoms with Gasteiger partial charge in [0.15, 0.2) is 0 Å². The third-order valence-corrected chi connectivity index (χ3v) is 4.57. The second kappa shape index (κ2) is 5.13. The Morgan fingerprint density at radius 1 is 1.10 bits per heavy atom. The van der Waals surface area contributed by atoms with Crippen LogP contribution in [-0.2, 0) is 10.0 Å². The van der Waals surface area contributed by atoms with Crippen molar-refractivity contribution in [1.82, 2.24) is 0 Å². The number of nitrogens with two attached hydrogens (primary N) is 1. The van der Waals surface area contributed by atoms with Crippen LogP contribution >= 0.6 is 0 Å². The van der Waals surface area contributed by atoms with Gasteiger partial charge in [-0.2, -0.15) is 0 Å². The minimum atomic E-state index is -4.06. The molecule has 0 aromatic heterocycles. The third kappa shape index (κ3) is 2.60. The van der Waals surface area contributed by atoms with Gasteiger partial charge in [-0.3, -0.25) is 4.72 Å². The molecule has 2 rings (SSSR count). The summed E-state index contributed by atoms with van der Waals surface area (Å²) in [5.74, 6) is -0.872. The largest absolute Gasteiger partial charge is 0.398 e. The maximum absolute atomic E-state index is 13.7. The van der Waals surface area contributed by atoms with Gasteiger partial charge in [0.1, 0.15) is 10.7 Å². The lowest BCUT2D eigenvalue weighted by molar-refractivity contribution is 0.572. The van der Waals surface area contributed by atoms with Crippen molar-refractivity contribution in [3.63, 3.8) is 0 Å².